The Bertz CT molecular complexity index is 580. The summed E-state index contributed by atoms with van der Waals surface area (Å²) < 4.78 is 42.2. The number of ether oxygens (including phenoxy) is 6. The van der Waals surface area contributed by atoms with E-state index in [0.29, 0.717) is 65.3 Å². The van der Waals surface area contributed by atoms with E-state index in [0.717, 1.165) is 30.6 Å². The third-order valence-corrected chi connectivity index (χ3v) is 4.86. The third kappa shape index (κ3) is 11.4. The maximum absolute atomic E-state index is 5.99. The molecule has 31 heavy (non-hydrogen) atoms. The van der Waals surface area contributed by atoms with E-state index < -0.39 is 0 Å². The van der Waals surface area contributed by atoms with Gasteiger partial charge >= 0.3 is 0 Å². The quantitative estimate of drug-likeness (QED) is 0.288. The second-order valence-electron chi connectivity index (χ2n) is 8.06. The summed E-state index contributed by atoms with van der Waals surface area (Å²) in [5.41, 5.74) is -0.0297. The van der Waals surface area contributed by atoms with Gasteiger partial charge in [-0.15, -0.1) is 4.37 Å². The van der Waals surface area contributed by atoms with E-state index in [1.54, 1.807) is 0 Å². The average molecular weight is 463 g/mol. The molecule has 1 aliphatic rings. The largest absolute Gasteiger partial charge is 0.472 e. The maximum atomic E-state index is 5.99. The predicted octanol–water partition coefficient (Wildman–Crippen LogP) is 1.55. The third-order valence-electron chi connectivity index (χ3n) is 4.35. The molecule has 1 aliphatic heterocycles. The van der Waals surface area contributed by atoms with E-state index in [1.807, 2.05) is 6.92 Å². The van der Waals surface area contributed by atoms with Crippen LogP contribution in [0, 0.1) is 0 Å². The standard InChI is InChI=1S/C20H38N4O6S/c1-5-25-10-11-27-12-13-28-16-30-17(14-21-20(2,3)4)15-29-19-18(22-31-23-19)24-6-8-26-9-7-24/h17,21H,5-16H2,1-4H3. The highest BCUT2D eigenvalue weighted by molar-refractivity contribution is 6.99. The number of aromatic nitrogens is 2. The molecule has 0 aliphatic carbocycles. The zero-order valence-corrected chi connectivity index (χ0v) is 20.1. The normalized spacial score (nSPS) is 15.9. The molecule has 1 fully saturated rings. The summed E-state index contributed by atoms with van der Waals surface area (Å²) in [6, 6.07) is 0. The van der Waals surface area contributed by atoms with Gasteiger partial charge in [-0.3, -0.25) is 0 Å². The van der Waals surface area contributed by atoms with Gasteiger partial charge < -0.3 is 38.6 Å². The SMILES string of the molecule is CCOCCOCCOCOC(CNC(C)(C)C)COc1nsnc1N1CCOCC1. The van der Waals surface area contributed by atoms with Crippen LogP contribution in [0.4, 0.5) is 5.82 Å². The second kappa shape index (κ2) is 14.9. The first-order valence-electron chi connectivity index (χ1n) is 10.9. The molecule has 0 saturated carbocycles. The van der Waals surface area contributed by atoms with Crippen LogP contribution in [0.3, 0.4) is 0 Å². The number of hydrogen-bond acceptors (Lipinski definition) is 11. The number of rotatable bonds is 16. The summed E-state index contributed by atoms with van der Waals surface area (Å²) in [6.45, 7) is 15.2. The number of nitrogens with one attached hydrogen (secondary N) is 1. The van der Waals surface area contributed by atoms with E-state index >= 15 is 0 Å². The van der Waals surface area contributed by atoms with Crippen LogP contribution in [0.1, 0.15) is 27.7 Å². The summed E-state index contributed by atoms with van der Waals surface area (Å²) in [6.07, 6.45) is -0.197. The molecule has 1 atom stereocenters. The minimum Gasteiger partial charge on any atom is -0.472 e. The van der Waals surface area contributed by atoms with Crippen LogP contribution in [0.5, 0.6) is 5.88 Å². The maximum Gasteiger partial charge on any atom is 0.270 e. The van der Waals surface area contributed by atoms with Crippen LogP contribution in [-0.4, -0.2) is 99.7 Å². The highest BCUT2D eigenvalue weighted by Gasteiger charge is 2.22. The molecule has 180 valence electrons. The van der Waals surface area contributed by atoms with Crippen LogP contribution >= 0.6 is 11.7 Å². The van der Waals surface area contributed by atoms with Gasteiger partial charge in [0.05, 0.1) is 51.4 Å². The first-order valence-corrected chi connectivity index (χ1v) is 11.6. The highest BCUT2D eigenvalue weighted by Crippen LogP contribution is 2.26. The molecule has 0 aromatic carbocycles. The number of hydrogen-bond donors (Lipinski definition) is 1. The molecule has 0 radical (unpaired) electrons. The highest BCUT2D eigenvalue weighted by atomic mass is 32.1. The lowest BCUT2D eigenvalue weighted by atomic mass is 10.1. The van der Waals surface area contributed by atoms with Crippen LogP contribution in [0.2, 0.25) is 0 Å². The second-order valence-corrected chi connectivity index (χ2v) is 8.59. The first-order chi connectivity index (χ1) is 15.0. The Balaban J connectivity index is 1.73. The van der Waals surface area contributed by atoms with Gasteiger partial charge in [-0.05, 0) is 27.7 Å². The molecular weight excluding hydrogens is 424 g/mol. The zero-order chi connectivity index (χ0) is 22.4. The Hall–Kier alpha value is -1.08. The van der Waals surface area contributed by atoms with Gasteiger partial charge in [0, 0.05) is 31.8 Å². The Morgan fingerprint density at radius 2 is 1.77 bits per heavy atom. The van der Waals surface area contributed by atoms with E-state index in [9.17, 15) is 0 Å². The number of nitrogens with zero attached hydrogens (tertiary/aromatic N) is 3. The van der Waals surface area contributed by atoms with Gasteiger partial charge in [-0.1, -0.05) is 0 Å². The molecule has 0 amide bonds. The van der Waals surface area contributed by atoms with Crippen molar-refractivity contribution in [2.45, 2.75) is 39.3 Å². The van der Waals surface area contributed by atoms with Crippen molar-refractivity contribution in [3.8, 4) is 5.88 Å². The Morgan fingerprint density at radius 3 is 2.48 bits per heavy atom. The first kappa shape index (κ1) is 26.2. The monoisotopic (exact) mass is 462 g/mol. The molecule has 1 aromatic heterocycles. The molecule has 1 N–H and O–H groups in total. The van der Waals surface area contributed by atoms with Crippen LogP contribution in [0.15, 0.2) is 0 Å². The lowest BCUT2D eigenvalue weighted by Crippen LogP contribution is -2.44. The van der Waals surface area contributed by atoms with Crippen molar-refractivity contribution in [1.82, 2.24) is 14.1 Å². The molecule has 1 aromatic rings. The minimum absolute atomic E-state index is 0.0297. The van der Waals surface area contributed by atoms with E-state index in [2.05, 4.69) is 39.7 Å². The molecule has 2 rings (SSSR count). The van der Waals surface area contributed by atoms with Crippen LogP contribution in [-0.2, 0) is 23.7 Å². The fraction of sp³-hybridized carbons (Fsp3) is 0.900. The van der Waals surface area contributed by atoms with Crippen molar-refractivity contribution in [2.24, 2.45) is 0 Å². The summed E-state index contributed by atoms with van der Waals surface area (Å²) >= 11 is 1.15. The van der Waals surface area contributed by atoms with Crippen LogP contribution < -0.4 is 15.0 Å². The molecule has 11 heteroatoms. The number of morpholine rings is 1. The van der Waals surface area contributed by atoms with E-state index in [1.165, 1.54) is 0 Å². The van der Waals surface area contributed by atoms with Gasteiger partial charge in [0.2, 0.25) is 5.82 Å². The fourth-order valence-electron chi connectivity index (χ4n) is 2.68. The lowest BCUT2D eigenvalue weighted by molar-refractivity contribution is -0.109. The van der Waals surface area contributed by atoms with Crippen molar-refractivity contribution >= 4 is 17.5 Å². The molecular formula is C20H38N4O6S. The van der Waals surface area contributed by atoms with Crippen LogP contribution in [0.25, 0.3) is 0 Å². The van der Waals surface area contributed by atoms with Crippen molar-refractivity contribution in [3.05, 3.63) is 0 Å². The smallest absolute Gasteiger partial charge is 0.270 e. The van der Waals surface area contributed by atoms with Crippen molar-refractivity contribution in [2.75, 3.05) is 84.2 Å². The molecule has 10 nitrogen and oxygen atoms in total. The van der Waals surface area contributed by atoms with Gasteiger partial charge in [0.15, 0.2) is 0 Å². The summed E-state index contributed by atoms with van der Waals surface area (Å²) in [4.78, 5) is 2.14. The van der Waals surface area contributed by atoms with Gasteiger partial charge in [0.1, 0.15) is 19.5 Å². The lowest BCUT2D eigenvalue weighted by Gasteiger charge is -2.27. The molecule has 0 spiro atoms. The zero-order valence-electron chi connectivity index (χ0n) is 19.3. The van der Waals surface area contributed by atoms with Crippen molar-refractivity contribution < 1.29 is 28.4 Å². The van der Waals surface area contributed by atoms with Crippen molar-refractivity contribution in [1.29, 1.82) is 0 Å². The predicted molar refractivity (Wildman–Crippen MR) is 119 cm³/mol. The summed E-state index contributed by atoms with van der Waals surface area (Å²) in [7, 11) is 0. The Labute approximate surface area is 189 Å². The Morgan fingerprint density at radius 1 is 1.06 bits per heavy atom. The van der Waals surface area contributed by atoms with Crippen molar-refractivity contribution in [3.63, 3.8) is 0 Å². The summed E-state index contributed by atoms with van der Waals surface area (Å²) in [5, 5.41) is 3.45. The topological polar surface area (TPSA) is 96.4 Å². The van der Waals surface area contributed by atoms with Gasteiger partial charge in [-0.2, -0.15) is 4.37 Å². The molecule has 1 saturated heterocycles. The molecule has 0 bridgehead atoms. The minimum atomic E-state index is -0.197. The van der Waals surface area contributed by atoms with E-state index in [4.69, 9.17) is 28.4 Å². The number of anilines is 1. The summed E-state index contributed by atoms with van der Waals surface area (Å²) in [5.74, 6) is 1.32. The van der Waals surface area contributed by atoms with E-state index in [-0.39, 0.29) is 18.4 Å². The molecule has 2 heterocycles. The Kier molecular flexibility index (Phi) is 12.6. The van der Waals surface area contributed by atoms with Gasteiger partial charge in [-0.25, -0.2) is 0 Å². The molecule has 1 unspecified atom stereocenters. The average Bonchev–Trinajstić information content (AvgIpc) is 3.22. The van der Waals surface area contributed by atoms with Gasteiger partial charge in [0.25, 0.3) is 5.88 Å². The fourth-order valence-corrected chi connectivity index (χ4v) is 3.20.